The average Bonchev–Trinajstić information content (AvgIpc) is 2.75. The summed E-state index contributed by atoms with van der Waals surface area (Å²) in [4.78, 5) is 33.8. The van der Waals surface area contributed by atoms with Crippen molar-refractivity contribution in [1.82, 2.24) is 15.8 Å². The first-order valence-electron chi connectivity index (χ1n) is 6.21. The third-order valence-corrected chi connectivity index (χ3v) is 2.73. The molecule has 0 bridgehead atoms. The van der Waals surface area contributed by atoms with Crippen LogP contribution in [-0.4, -0.2) is 36.0 Å². The van der Waals surface area contributed by atoms with Crippen LogP contribution in [0.1, 0.15) is 12.5 Å². The summed E-state index contributed by atoms with van der Waals surface area (Å²) in [7, 11) is 0. The van der Waals surface area contributed by atoms with Gasteiger partial charge in [0.1, 0.15) is 12.3 Å². The van der Waals surface area contributed by atoms with Crippen LogP contribution in [-0.2, 0) is 16.0 Å². The minimum Gasteiger partial charge on any atom is -0.484 e. The number of nitrogens with zero attached hydrogens (tertiary/aromatic N) is 1. The number of rotatable bonds is 5. The molecule has 7 heteroatoms. The maximum Gasteiger partial charge on any atom is 0.343 e. The smallest absolute Gasteiger partial charge is 0.343 e. The Kier molecular flexibility index (Phi) is 4.19. The molecule has 1 aliphatic rings. The van der Waals surface area contributed by atoms with E-state index >= 15 is 0 Å². The normalized spacial score (nSPS) is 14.2. The van der Waals surface area contributed by atoms with E-state index in [9.17, 15) is 14.4 Å². The van der Waals surface area contributed by atoms with Crippen LogP contribution in [0.15, 0.2) is 24.3 Å². The number of hydrazine groups is 1. The highest BCUT2D eigenvalue weighted by molar-refractivity contribution is 6.02. The van der Waals surface area contributed by atoms with Crippen LogP contribution in [0.5, 0.6) is 5.75 Å². The van der Waals surface area contributed by atoms with Crippen LogP contribution in [0.25, 0.3) is 0 Å². The van der Waals surface area contributed by atoms with Crippen LogP contribution in [0.2, 0.25) is 0 Å². The number of aryl methyl sites for hydroxylation is 1. The van der Waals surface area contributed by atoms with Crippen molar-refractivity contribution in [2.24, 2.45) is 0 Å². The second-order valence-corrected chi connectivity index (χ2v) is 4.26. The molecule has 1 fully saturated rings. The quantitative estimate of drug-likeness (QED) is 0.753. The number of hydrogen-bond donors (Lipinski definition) is 2. The fraction of sp³-hybridized carbons (Fsp3) is 0.308. The number of ether oxygens (including phenoxy) is 1. The lowest BCUT2D eigenvalue weighted by Crippen LogP contribution is -2.46. The zero-order chi connectivity index (χ0) is 14.5. The Balaban J connectivity index is 1.83. The number of amides is 4. The van der Waals surface area contributed by atoms with Crippen molar-refractivity contribution in [1.29, 1.82) is 0 Å². The van der Waals surface area contributed by atoms with E-state index in [1.165, 1.54) is 0 Å². The molecule has 1 aromatic rings. The Hall–Kier alpha value is -2.57. The second-order valence-electron chi connectivity index (χ2n) is 4.26. The summed E-state index contributed by atoms with van der Waals surface area (Å²) >= 11 is 0. The van der Waals surface area contributed by atoms with Crippen LogP contribution in [0.4, 0.5) is 4.79 Å². The molecule has 1 aromatic carbocycles. The minimum atomic E-state index is -0.642. The Morgan fingerprint density at radius 2 is 2.25 bits per heavy atom. The number of urea groups is 1. The summed E-state index contributed by atoms with van der Waals surface area (Å²) in [5, 5.41) is 2.97. The molecule has 2 N–H and O–H groups in total. The van der Waals surface area contributed by atoms with Crippen molar-refractivity contribution in [2.75, 3.05) is 13.2 Å². The van der Waals surface area contributed by atoms with E-state index in [1.807, 2.05) is 25.1 Å². The van der Waals surface area contributed by atoms with E-state index in [-0.39, 0.29) is 13.2 Å². The van der Waals surface area contributed by atoms with Crippen molar-refractivity contribution in [3.63, 3.8) is 0 Å². The van der Waals surface area contributed by atoms with Crippen molar-refractivity contribution in [3.05, 3.63) is 29.8 Å². The molecular weight excluding hydrogens is 262 g/mol. The third kappa shape index (κ3) is 3.47. The first kappa shape index (κ1) is 13.9. The van der Waals surface area contributed by atoms with Crippen molar-refractivity contribution < 1.29 is 19.1 Å². The van der Waals surface area contributed by atoms with Gasteiger partial charge in [-0.05, 0) is 24.1 Å². The first-order valence-corrected chi connectivity index (χ1v) is 6.21. The predicted octanol–water partition coefficient (Wildman–Crippen LogP) is 0.211. The Labute approximate surface area is 115 Å². The lowest BCUT2D eigenvalue weighted by atomic mass is 10.2. The molecule has 106 valence electrons. The van der Waals surface area contributed by atoms with Gasteiger partial charge in [-0.3, -0.25) is 20.3 Å². The number of benzene rings is 1. The molecule has 1 aliphatic heterocycles. The SMILES string of the molecule is CCc1cccc(OCC(=O)NN2CC(=O)NC2=O)c1. The number of imide groups is 1. The fourth-order valence-electron chi connectivity index (χ4n) is 1.72. The maximum absolute atomic E-state index is 11.6. The van der Waals surface area contributed by atoms with Gasteiger partial charge in [0.15, 0.2) is 6.61 Å². The highest BCUT2D eigenvalue weighted by Gasteiger charge is 2.28. The molecule has 0 aliphatic carbocycles. The zero-order valence-corrected chi connectivity index (χ0v) is 11.0. The molecular formula is C13H15N3O4. The van der Waals surface area contributed by atoms with Gasteiger partial charge in [0.25, 0.3) is 5.91 Å². The van der Waals surface area contributed by atoms with Gasteiger partial charge in [0.05, 0.1) is 0 Å². The average molecular weight is 277 g/mol. The molecule has 1 saturated heterocycles. The molecule has 0 aromatic heterocycles. The summed E-state index contributed by atoms with van der Waals surface area (Å²) in [5.41, 5.74) is 3.40. The van der Waals surface area contributed by atoms with E-state index < -0.39 is 17.8 Å². The van der Waals surface area contributed by atoms with Gasteiger partial charge < -0.3 is 4.74 Å². The Bertz CT molecular complexity index is 544. The van der Waals surface area contributed by atoms with E-state index in [1.54, 1.807) is 6.07 Å². The molecule has 2 rings (SSSR count). The minimum absolute atomic E-state index is 0.185. The van der Waals surface area contributed by atoms with Crippen molar-refractivity contribution in [3.8, 4) is 5.75 Å². The molecule has 20 heavy (non-hydrogen) atoms. The monoisotopic (exact) mass is 277 g/mol. The highest BCUT2D eigenvalue weighted by atomic mass is 16.5. The molecule has 7 nitrogen and oxygen atoms in total. The van der Waals surface area contributed by atoms with E-state index in [4.69, 9.17) is 4.74 Å². The molecule has 0 spiro atoms. The van der Waals surface area contributed by atoms with Gasteiger partial charge >= 0.3 is 6.03 Å². The lowest BCUT2D eigenvalue weighted by molar-refractivity contribution is -0.127. The van der Waals surface area contributed by atoms with Crippen LogP contribution >= 0.6 is 0 Å². The van der Waals surface area contributed by atoms with E-state index in [2.05, 4.69) is 10.7 Å². The predicted molar refractivity (Wildman–Crippen MR) is 69.7 cm³/mol. The topological polar surface area (TPSA) is 87.7 Å². The van der Waals surface area contributed by atoms with Gasteiger partial charge in [0.2, 0.25) is 5.91 Å². The van der Waals surface area contributed by atoms with E-state index in [0.717, 1.165) is 17.0 Å². The number of nitrogens with one attached hydrogen (secondary N) is 2. The second kappa shape index (κ2) is 6.05. The van der Waals surface area contributed by atoms with Crippen molar-refractivity contribution >= 4 is 17.8 Å². The Morgan fingerprint density at radius 3 is 2.90 bits per heavy atom. The molecule has 4 amide bonds. The zero-order valence-electron chi connectivity index (χ0n) is 11.0. The molecule has 0 atom stereocenters. The van der Waals surface area contributed by atoms with Crippen LogP contribution in [0.3, 0.4) is 0 Å². The summed E-state index contributed by atoms with van der Waals surface area (Å²) in [6, 6.07) is 6.76. The summed E-state index contributed by atoms with van der Waals surface area (Å²) < 4.78 is 5.33. The molecule has 1 heterocycles. The summed E-state index contributed by atoms with van der Waals surface area (Å²) in [6.07, 6.45) is 0.874. The maximum atomic E-state index is 11.6. The van der Waals surface area contributed by atoms with Gasteiger partial charge in [-0.1, -0.05) is 19.1 Å². The van der Waals surface area contributed by atoms with Crippen molar-refractivity contribution in [2.45, 2.75) is 13.3 Å². The number of carbonyl (C=O) groups is 3. The first-order chi connectivity index (χ1) is 9.58. The standard InChI is InChI=1S/C13H15N3O4/c1-2-9-4-3-5-10(6-9)20-8-12(18)15-16-7-11(17)14-13(16)19/h3-6H,2,7-8H2,1H3,(H,15,18)(H,14,17,19). The van der Waals surface area contributed by atoms with Gasteiger partial charge in [-0.2, -0.15) is 0 Å². The van der Waals surface area contributed by atoms with E-state index in [0.29, 0.717) is 5.75 Å². The van der Waals surface area contributed by atoms with Crippen LogP contribution in [0, 0.1) is 0 Å². The molecule has 0 saturated carbocycles. The fourth-order valence-corrected chi connectivity index (χ4v) is 1.72. The lowest BCUT2D eigenvalue weighted by Gasteiger charge is -2.14. The highest BCUT2D eigenvalue weighted by Crippen LogP contribution is 2.13. The Morgan fingerprint density at radius 1 is 1.45 bits per heavy atom. The number of hydrogen-bond acceptors (Lipinski definition) is 4. The largest absolute Gasteiger partial charge is 0.484 e. The molecule has 0 unspecified atom stereocenters. The third-order valence-electron chi connectivity index (χ3n) is 2.73. The summed E-state index contributed by atoms with van der Waals surface area (Å²) in [6.45, 7) is 1.61. The van der Waals surface area contributed by atoms with Gasteiger partial charge in [-0.25, -0.2) is 9.80 Å². The molecule has 0 radical (unpaired) electrons. The van der Waals surface area contributed by atoms with Gasteiger partial charge in [0, 0.05) is 0 Å². The number of carbonyl (C=O) groups excluding carboxylic acids is 3. The van der Waals surface area contributed by atoms with Crippen LogP contribution < -0.4 is 15.5 Å². The summed E-state index contributed by atoms with van der Waals surface area (Å²) in [5.74, 6) is -0.370. The van der Waals surface area contributed by atoms with Gasteiger partial charge in [-0.15, -0.1) is 0 Å².